The first kappa shape index (κ1) is 20.1. The molecule has 2 aromatic heterocycles. The SMILES string of the molecule is COc1ccc(OC)c(CNC(=O)c2cc(=O)nc3sc(N4CCCCC4)nn23)c1. The second-order valence-electron chi connectivity index (χ2n) is 6.97. The Morgan fingerprint density at radius 3 is 2.70 bits per heavy atom. The Labute approximate surface area is 177 Å². The second kappa shape index (κ2) is 8.70. The topological polar surface area (TPSA) is 98.1 Å². The largest absolute Gasteiger partial charge is 0.497 e. The fraction of sp³-hybridized carbons (Fsp3) is 0.400. The van der Waals surface area contributed by atoms with Crippen molar-refractivity contribution < 1.29 is 14.3 Å². The van der Waals surface area contributed by atoms with Crippen LogP contribution in [0.5, 0.6) is 11.5 Å². The minimum absolute atomic E-state index is 0.159. The molecule has 30 heavy (non-hydrogen) atoms. The third-order valence-corrected chi connectivity index (χ3v) is 6.00. The number of hydrogen-bond donors (Lipinski definition) is 1. The summed E-state index contributed by atoms with van der Waals surface area (Å²) < 4.78 is 12.1. The van der Waals surface area contributed by atoms with E-state index in [-0.39, 0.29) is 12.2 Å². The van der Waals surface area contributed by atoms with E-state index >= 15 is 0 Å². The summed E-state index contributed by atoms with van der Waals surface area (Å²) >= 11 is 1.33. The fourth-order valence-electron chi connectivity index (χ4n) is 3.47. The van der Waals surface area contributed by atoms with Crippen LogP contribution in [0.2, 0.25) is 0 Å². The molecule has 1 N–H and O–H groups in total. The zero-order valence-corrected chi connectivity index (χ0v) is 17.7. The molecular formula is C20H23N5O4S. The lowest BCUT2D eigenvalue weighted by molar-refractivity contribution is 0.0943. The molecule has 1 amide bonds. The number of carbonyl (C=O) groups is 1. The maximum Gasteiger partial charge on any atom is 0.274 e. The number of benzene rings is 1. The Hall–Kier alpha value is -3.14. The van der Waals surface area contributed by atoms with Gasteiger partial charge in [-0.25, -0.2) is 0 Å². The minimum atomic E-state index is -0.465. The van der Waals surface area contributed by atoms with Crippen LogP contribution in [0.1, 0.15) is 35.3 Å². The first-order valence-electron chi connectivity index (χ1n) is 9.74. The quantitative estimate of drug-likeness (QED) is 0.641. The highest BCUT2D eigenvalue weighted by Gasteiger charge is 2.20. The van der Waals surface area contributed by atoms with Crippen LogP contribution in [0.3, 0.4) is 0 Å². The van der Waals surface area contributed by atoms with Crippen molar-refractivity contribution in [3.8, 4) is 11.5 Å². The van der Waals surface area contributed by atoms with Gasteiger partial charge in [0.05, 0.1) is 14.2 Å². The van der Waals surface area contributed by atoms with Crippen molar-refractivity contribution in [1.82, 2.24) is 19.9 Å². The smallest absolute Gasteiger partial charge is 0.274 e. The third-order valence-electron chi connectivity index (χ3n) is 5.03. The predicted octanol–water partition coefficient (Wildman–Crippen LogP) is 2.09. The van der Waals surface area contributed by atoms with Crippen molar-refractivity contribution in [2.45, 2.75) is 25.8 Å². The summed E-state index contributed by atoms with van der Waals surface area (Å²) in [6, 6.07) is 6.57. The van der Waals surface area contributed by atoms with Crippen LogP contribution in [-0.2, 0) is 6.54 Å². The molecule has 1 aliphatic rings. The van der Waals surface area contributed by atoms with Gasteiger partial charge in [-0.05, 0) is 37.5 Å². The van der Waals surface area contributed by atoms with Gasteiger partial charge in [0.25, 0.3) is 11.5 Å². The van der Waals surface area contributed by atoms with Crippen LogP contribution in [0, 0.1) is 0 Å². The van der Waals surface area contributed by atoms with Gasteiger partial charge in [-0.15, -0.1) is 5.10 Å². The monoisotopic (exact) mass is 429 g/mol. The molecule has 0 radical (unpaired) electrons. The number of rotatable bonds is 6. The van der Waals surface area contributed by atoms with Gasteiger partial charge in [0.2, 0.25) is 10.1 Å². The van der Waals surface area contributed by atoms with Crippen LogP contribution in [-0.4, -0.2) is 47.8 Å². The molecule has 0 spiro atoms. The average Bonchev–Trinajstić information content (AvgIpc) is 3.21. The Kier molecular flexibility index (Phi) is 5.84. The van der Waals surface area contributed by atoms with Crippen molar-refractivity contribution in [2.24, 2.45) is 0 Å². The molecule has 0 unspecified atom stereocenters. The van der Waals surface area contributed by atoms with E-state index in [0.29, 0.717) is 16.5 Å². The summed E-state index contributed by atoms with van der Waals surface area (Å²) in [6.45, 7) is 2.05. The molecule has 10 heteroatoms. The molecule has 0 aliphatic carbocycles. The molecule has 0 saturated carbocycles. The van der Waals surface area contributed by atoms with E-state index < -0.39 is 11.5 Å². The van der Waals surface area contributed by atoms with Gasteiger partial charge < -0.3 is 19.7 Å². The highest BCUT2D eigenvalue weighted by molar-refractivity contribution is 7.20. The number of anilines is 1. The number of aromatic nitrogens is 3. The molecule has 1 fully saturated rings. The highest BCUT2D eigenvalue weighted by Crippen LogP contribution is 2.26. The Morgan fingerprint density at radius 1 is 1.17 bits per heavy atom. The molecule has 9 nitrogen and oxygen atoms in total. The number of carbonyl (C=O) groups excluding carboxylic acids is 1. The fourth-order valence-corrected chi connectivity index (χ4v) is 4.42. The van der Waals surface area contributed by atoms with Crippen LogP contribution < -0.4 is 25.2 Å². The van der Waals surface area contributed by atoms with Crippen LogP contribution in [0.15, 0.2) is 29.1 Å². The van der Waals surface area contributed by atoms with E-state index in [9.17, 15) is 9.59 Å². The van der Waals surface area contributed by atoms with Gasteiger partial charge in [0.15, 0.2) is 0 Å². The zero-order chi connectivity index (χ0) is 21.1. The lowest BCUT2D eigenvalue weighted by atomic mass is 10.1. The minimum Gasteiger partial charge on any atom is -0.497 e. The Bertz CT molecular complexity index is 1120. The van der Waals surface area contributed by atoms with Crippen LogP contribution in [0.4, 0.5) is 5.13 Å². The standard InChI is InChI=1S/C20H23N5O4S/c1-28-14-6-7-16(29-2)13(10-14)12-21-18(27)15-11-17(26)22-19-25(15)23-20(30-19)24-8-4-3-5-9-24/h6-7,10-11H,3-5,8-9,12H2,1-2H3,(H,21,27). The van der Waals surface area contributed by atoms with Gasteiger partial charge in [0, 0.05) is 31.3 Å². The second-order valence-corrected chi connectivity index (χ2v) is 7.90. The Morgan fingerprint density at radius 2 is 1.97 bits per heavy atom. The molecule has 0 atom stereocenters. The van der Waals surface area contributed by atoms with E-state index in [0.717, 1.165) is 36.6 Å². The van der Waals surface area contributed by atoms with Gasteiger partial charge in [-0.3, -0.25) is 9.59 Å². The van der Waals surface area contributed by atoms with Crippen LogP contribution in [0.25, 0.3) is 4.96 Å². The van der Waals surface area contributed by atoms with E-state index in [1.165, 1.54) is 28.3 Å². The lowest BCUT2D eigenvalue weighted by Crippen LogP contribution is -2.30. The molecule has 1 aromatic carbocycles. The first-order valence-corrected chi connectivity index (χ1v) is 10.6. The summed E-state index contributed by atoms with van der Waals surface area (Å²) in [5, 5.41) is 8.18. The maximum absolute atomic E-state index is 12.9. The summed E-state index contributed by atoms with van der Waals surface area (Å²) in [5.74, 6) is 0.882. The van der Waals surface area contributed by atoms with E-state index in [1.807, 2.05) is 0 Å². The summed E-state index contributed by atoms with van der Waals surface area (Å²) in [4.78, 5) is 31.6. The van der Waals surface area contributed by atoms with Crippen molar-refractivity contribution in [3.05, 3.63) is 45.9 Å². The van der Waals surface area contributed by atoms with Crippen molar-refractivity contribution in [2.75, 3.05) is 32.2 Å². The van der Waals surface area contributed by atoms with Crippen molar-refractivity contribution >= 4 is 27.3 Å². The van der Waals surface area contributed by atoms with Crippen LogP contribution >= 0.6 is 11.3 Å². The zero-order valence-electron chi connectivity index (χ0n) is 16.9. The molecule has 1 aliphatic heterocycles. The van der Waals surface area contributed by atoms with Gasteiger partial charge in [-0.1, -0.05) is 11.3 Å². The van der Waals surface area contributed by atoms with E-state index in [2.05, 4.69) is 20.3 Å². The average molecular weight is 430 g/mol. The summed E-state index contributed by atoms with van der Waals surface area (Å²) in [7, 11) is 3.14. The summed E-state index contributed by atoms with van der Waals surface area (Å²) in [6.07, 6.45) is 3.42. The van der Waals surface area contributed by atoms with E-state index in [1.54, 1.807) is 32.4 Å². The van der Waals surface area contributed by atoms with Crippen molar-refractivity contribution in [3.63, 3.8) is 0 Å². The molecule has 0 bridgehead atoms. The molecule has 1 saturated heterocycles. The molecule has 3 heterocycles. The lowest BCUT2D eigenvalue weighted by Gasteiger charge is -2.25. The van der Waals surface area contributed by atoms with Crippen molar-refractivity contribution in [1.29, 1.82) is 0 Å². The molecule has 3 aromatic rings. The number of fused-ring (bicyclic) bond motifs is 1. The maximum atomic E-state index is 12.9. The molecular weight excluding hydrogens is 406 g/mol. The number of amides is 1. The molecule has 158 valence electrons. The number of hydrogen-bond acceptors (Lipinski definition) is 8. The predicted molar refractivity (Wildman–Crippen MR) is 114 cm³/mol. The number of piperidine rings is 1. The van der Waals surface area contributed by atoms with Gasteiger partial charge in [-0.2, -0.15) is 9.50 Å². The number of ether oxygens (including phenoxy) is 2. The normalized spacial score (nSPS) is 14.0. The summed E-state index contributed by atoms with van der Waals surface area (Å²) in [5.41, 5.74) is 0.453. The van der Waals surface area contributed by atoms with Gasteiger partial charge in [0.1, 0.15) is 17.2 Å². The number of nitrogens with one attached hydrogen (secondary N) is 1. The number of methoxy groups -OCH3 is 2. The number of nitrogens with zero attached hydrogens (tertiary/aromatic N) is 4. The van der Waals surface area contributed by atoms with E-state index in [4.69, 9.17) is 9.47 Å². The Balaban J connectivity index is 1.60. The van der Waals surface area contributed by atoms with Gasteiger partial charge >= 0.3 is 0 Å². The first-order chi connectivity index (χ1) is 14.6. The highest BCUT2D eigenvalue weighted by atomic mass is 32.1. The third kappa shape index (κ3) is 4.09. The molecule has 4 rings (SSSR count).